The van der Waals surface area contributed by atoms with Crippen molar-refractivity contribution in [2.24, 2.45) is 0 Å². The zero-order chi connectivity index (χ0) is 14.7. The molecule has 2 aromatic heterocycles. The molecule has 0 spiro atoms. The zero-order valence-corrected chi connectivity index (χ0v) is 12.0. The van der Waals surface area contributed by atoms with E-state index in [-0.39, 0.29) is 11.9 Å². The van der Waals surface area contributed by atoms with Crippen molar-refractivity contribution in [2.45, 2.75) is 45.2 Å². The molecule has 0 saturated carbocycles. The summed E-state index contributed by atoms with van der Waals surface area (Å²) in [5, 5.41) is 11.4. The summed E-state index contributed by atoms with van der Waals surface area (Å²) in [6.07, 6.45) is 8.94. The number of rotatable bonds is 3. The van der Waals surface area contributed by atoms with Crippen molar-refractivity contribution in [3.63, 3.8) is 0 Å². The van der Waals surface area contributed by atoms with Gasteiger partial charge in [-0.05, 0) is 19.8 Å². The van der Waals surface area contributed by atoms with Crippen LogP contribution in [-0.2, 0) is 13.0 Å². The summed E-state index contributed by atoms with van der Waals surface area (Å²) in [7, 11) is 0. The Hall–Kier alpha value is -2.31. The molecule has 7 heteroatoms. The smallest absolute Gasteiger partial charge is 0.272 e. The van der Waals surface area contributed by atoms with Crippen molar-refractivity contribution in [3.05, 3.63) is 35.9 Å². The molecule has 1 N–H and O–H groups in total. The highest BCUT2D eigenvalue weighted by atomic mass is 16.1. The van der Waals surface area contributed by atoms with Crippen LogP contribution in [0.3, 0.4) is 0 Å². The fraction of sp³-hybridized carbons (Fsp3) is 0.500. The number of aryl methyl sites for hydroxylation is 1. The van der Waals surface area contributed by atoms with Crippen molar-refractivity contribution < 1.29 is 4.79 Å². The van der Waals surface area contributed by atoms with Crippen LogP contribution in [0.25, 0.3) is 0 Å². The normalized spacial score (nSPS) is 15.9. The fourth-order valence-corrected chi connectivity index (χ4v) is 2.58. The molecule has 0 saturated heterocycles. The van der Waals surface area contributed by atoms with Crippen LogP contribution >= 0.6 is 0 Å². The van der Waals surface area contributed by atoms with Gasteiger partial charge in [0, 0.05) is 25.4 Å². The van der Waals surface area contributed by atoms with E-state index in [0.717, 1.165) is 37.5 Å². The Kier molecular flexibility index (Phi) is 3.89. The molecule has 0 bridgehead atoms. The zero-order valence-electron chi connectivity index (χ0n) is 12.0. The number of fused-ring (bicyclic) bond motifs is 1. The van der Waals surface area contributed by atoms with E-state index in [9.17, 15) is 4.79 Å². The number of hydrogen-bond donors (Lipinski definition) is 1. The van der Waals surface area contributed by atoms with Crippen LogP contribution in [0.2, 0.25) is 0 Å². The Morgan fingerprint density at radius 2 is 2.19 bits per heavy atom. The Balaban J connectivity index is 1.75. The van der Waals surface area contributed by atoms with Gasteiger partial charge >= 0.3 is 0 Å². The molecule has 7 nitrogen and oxygen atoms in total. The summed E-state index contributed by atoms with van der Waals surface area (Å²) in [5.74, 6) is 1.58. The van der Waals surface area contributed by atoms with Gasteiger partial charge in [0.05, 0.1) is 12.2 Å². The lowest BCUT2D eigenvalue weighted by atomic mass is 10.2. The Morgan fingerprint density at radius 1 is 1.29 bits per heavy atom. The Labute approximate surface area is 122 Å². The summed E-state index contributed by atoms with van der Waals surface area (Å²) < 4.78 is 2.13. The van der Waals surface area contributed by atoms with E-state index in [1.165, 1.54) is 18.8 Å². The molecule has 0 radical (unpaired) electrons. The lowest BCUT2D eigenvalue weighted by molar-refractivity contribution is 0.0932. The summed E-state index contributed by atoms with van der Waals surface area (Å²) >= 11 is 0. The van der Waals surface area contributed by atoms with Crippen molar-refractivity contribution in [3.8, 4) is 0 Å². The number of nitrogens with one attached hydrogen (secondary N) is 1. The minimum Gasteiger partial charge on any atom is -0.341 e. The molecular weight excluding hydrogens is 268 g/mol. The average molecular weight is 286 g/mol. The van der Waals surface area contributed by atoms with Gasteiger partial charge < -0.3 is 9.88 Å². The summed E-state index contributed by atoms with van der Waals surface area (Å²) in [5.41, 5.74) is 0.306. The van der Waals surface area contributed by atoms with Crippen molar-refractivity contribution in [1.29, 1.82) is 0 Å². The molecule has 1 unspecified atom stereocenters. The van der Waals surface area contributed by atoms with Gasteiger partial charge in [-0.2, -0.15) is 0 Å². The summed E-state index contributed by atoms with van der Waals surface area (Å²) in [4.78, 5) is 20.0. The third kappa shape index (κ3) is 2.91. The Bertz CT molecular complexity index is 624. The van der Waals surface area contributed by atoms with E-state index in [4.69, 9.17) is 0 Å². The molecule has 0 aliphatic carbocycles. The molecule has 110 valence electrons. The van der Waals surface area contributed by atoms with Crippen LogP contribution in [0.15, 0.2) is 18.6 Å². The van der Waals surface area contributed by atoms with Gasteiger partial charge in [0.2, 0.25) is 0 Å². The maximum atomic E-state index is 12.1. The van der Waals surface area contributed by atoms with Crippen LogP contribution in [-0.4, -0.2) is 30.6 Å². The average Bonchev–Trinajstić information content (AvgIpc) is 2.77. The SMILES string of the molecule is CC(NC(=O)c1cnccn1)c1nnc2n1CCCCC2. The first-order valence-electron chi connectivity index (χ1n) is 7.24. The molecule has 3 heterocycles. The van der Waals surface area contributed by atoms with Gasteiger partial charge in [0.1, 0.15) is 11.5 Å². The second-order valence-electron chi connectivity index (χ2n) is 5.22. The third-order valence-electron chi connectivity index (χ3n) is 3.67. The van der Waals surface area contributed by atoms with Gasteiger partial charge in [-0.1, -0.05) is 6.42 Å². The predicted octanol–water partition coefficient (Wildman–Crippen LogP) is 1.29. The molecule has 1 amide bonds. The van der Waals surface area contributed by atoms with Crippen LogP contribution in [0, 0.1) is 0 Å². The number of nitrogens with zero attached hydrogens (tertiary/aromatic N) is 5. The summed E-state index contributed by atoms with van der Waals surface area (Å²) in [6, 6.07) is -0.209. The molecule has 1 atom stereocenters. The first-order chi connectivity index (χ1) is 10.3. The highest BCUT2D eigenvalue weighted by Crippen LogP contribution is 2.18. The lowest BCUT2D eigenvalue weighted by Gasteiger charge is -2.14. The number of carbonyl (C=O) groups is 1. The molecule has 1 aliphatic heterocycles. The molecule has 21 heavy (non-hydrogen) atoms. The maximum absolute atomic E-state index is 12.1. The van der Waals surface area contributed by atoms with Crippen molar-refractivity contribution in [1.82, 2.24) is 30.0 Å². The monoisotopic (exact) mass is 286 g/mol. The Morgan fingerprint density at radius 3 is 3.00 bits per heavy atom. The molecule has 1 aliphatic rings. The topological polar surface area (TPSA) is 85.6 Å². The fourth-order valence-electron chi connectivity index (χ4n) is 2.58. The summed E-state index contributed by atoms with van der Waals surface area (Å²) in [6.45, 7) is 2.83. The second kappa shape index (κ2) is 5.99. The van der Waals surface area contributed by atoms with Crippen molar-refractivity contribution >= 4 is 5.91 Å². The predicted molar refractivity (Wildman–Crippen MR) is 75.5 cm³/mol. The maximum Gasteiger partial charge on any atom is 0.272 e. The highest BCUT2D eigenvalue weighted by Gasteiger charge is 2.21. The third-order valence-corrected chi connectivity index (χ3v) is 3.67. The standard InChI is InChI=1S/C14H18N6O/c1-10(17-14(21)11-9-15-6-7-16-11)13-19-18-12-5-3-2-4-8-20(12)13/h6-7,9-10H,2-5,8H2,1H3,(H,17,21). The van der Waals surface area contributed by atoms with E-state index >= 15 is 0 Å². The van der Waals surface area contributed by atoms with Gasteiger partial charge in [-0.25, -0.2) is 4.98 Å². The van der Waals surface area contributed by atoms with Gasteiger partial charge in [-0.3, -0.25) is 9.78 Å². The first kappa shape index (κ1) is 13.7. The quantitative estimate of drug-likeness (QED) is 0.918. The van der Waals surface area contributed by atoms with Crippen LogP contribution < -0.4 is 5.32 Å². The molecule has 0 fully saturated rings. The van der Waals surface area contributed by atoms with Crippen LogP contribution in [0.1, 0.15) is 54.4 Å². The van der Waals surface area contributed by atoms with Gasteiger partial charge in [-0.15, -0.1) is 10.2 Å². The molecule has 3 rings (SSSR count). The highest BCUT2D eigenvalue weighted by molar-refractivity contribution is 5.92. The number of hydrogen-bond acceptors (Lipinski definition) is 5. The minimum atomic E-state index is -0.249. The van der Waals surface area contributed by atoms with Gasteiger partial charge in [0.15, 0.2) is 5.82 Å². The van der Waals surface area contributed by atoms with E-state index in [1.807, 2.05) is 6.92 Å². The molecular formula is C14H18N6O. The van der Waals surface area contributed by atoms with Crippen molar-refractivity contribution in [2.75, 3.05) is 0 Å². The largest absolute Gasteiger partial charge is 0.341 e. The van der Waals surface area contributed by atoms with E-state index in [2.05, 4.69) is 30.0 Å². The number of carbonyl (C=O) groups excluding carboxylic acids is 1. The lowest BCUT2D eigenvalue weighted by Crippen LogP contribution is -2.29. The van der Waals surface area contributed by atoms with E-state index in [1.54, 1.807) is 6.20 Å². The van der Waals surface area contributed by atoms with Crippen LogP contribution in [0.4, 0.5) is 0 Å². The first-order valence-corrected chi connectivity index (χ1v) is 7.24. The molecule has 2 aromatic rings. The second-order valence-corrected chi connectivity index (χ2v) is 5.22. The molecule has 0 aromatic carbocycles. The van der Waals surface area contributed by atoms with E-state index in [0.29, 0.717) is 5.69 Å². The number of amides is 1. The van der Waals surface area contributed by atoms with E-state index < -0.39 is 0 Å². The number of aromatic nitrogens is 5. The van der Waals surface area contributed by atoms with Crippen LogP contribution in [0.5, 0.6) is 0 Å². The van der Waals surface area contributed by atoms with Gasteiger partial charge in [0.25, 0.3) is 5.91 Å². The minimum absolute atomic E-state index is 0.209.